The predicted molar refractivity (Wildman–Crippen MR) is 204 cm³/mol. The van der Waals surface area contributed by atoms with E-state index in [2.05, 4.69) is 36.0 Å². The molecule has 0 radical (unpaired) electrons. The number of benzene rings is 2. The molecule has 0 fully saturated rings. The molecule has 2 heterocycles. The number of ether oxygens (including phenoxy) is 1. The number of hydrogen-bond donors (Lipinski definition) is 8. The third-order valence-electron chi connectivity index (χ3n) is 8.56. The van der Waals surface area contributed by atoms with Crippen molar-refractivity contribution in [3.8, 4) is 5.75 Å². The van der Waals surface area contributed by atoms with Gasteiger partial charge in [-0.05, 0) is 67.6 Å². The van der Waals surface area contributed by atoms with E-state index in [1.807, 2.05) is 0 Å². The lowest BCUT2D eigenvalue weighted by Gasteiger charge is -2.19. The molecule has 2 aromatic heterocycles. The maximum atomic E-state index is 13.5. The molecule has 0 spiro atoms. The van der Waals surface area contributed by atoms with E-state index in [4.69, 9.17) is 10.5 Å². The number of carboxylic acid groups (broad SMARTS) is 1. The molecule has 0 saturated heterocycles. The molecule has 2 atom stereocenters. The second kappa shape index (κ2) is 19.0. The lowest BCUT2D eigenvalue weighted by Crippen LogP contribution is -2.49. The minimum atomic E-state index is -4.42. The fourth-order valence-electron chi connectivity index (χ4n) is 5.70. The number of carbonyl (C=O) groups is 4. The maximum Gasteiger partial charge on any atom is 0.323 e. The van der Waals surface area contributed by atoms with Gasteiger partial charge in [0.25, 0.3) is 5.91 Å². The number of fused-ring (bicyclic) bond motifs is 1. The topological polar surface area (TPSA) is 269 Å². The first-order valence-corrected chi connectivity index (χ1v) is 19.0. The van der Waals surface area contributed by atoms with Gasteiger partial charge in [0.15, 0.2) is 5.95 Å². The first-order valence-electron chi connectivity index (χ1n) is 17.5. The third-order valence-corrected chi connectivity index (χ3v) is 10.3. The van der Waals surface area contributed by atoms with Gasteiger partial charge in [0, 0.05) is 63.6 Å². The lowest BCUT2D eigenvalue weighted by molar-refractivity contribution is -0.138. The Labute approximate surface area is 317 Å². The zero-order valence-corrected chi connectivity index (χ0v) is 31.8. The number of nitrogens with zero attached hydrogens (tertiary/aromatic N) is 2. The molecule has 0 aliphatic rings. The summed E-state index contributed by atoms with van der Waals surface area (Å²) in [6.45, 7) is 5.28. The quantitative estimate of drug-likeness (QED) is 0.0579. The largest absolute Gasteiger partial charge is 0.494 e. The van der Waals surface area contributed by atoms with Crippen molar-refractivity contribution >= 4 is 50.6 Å². The number of sulfonamides is 1. The Morgan fingerprint density at radius 2 is 1.76 bits per heavy atom. The van der Waals surface area contributed by atoms with E-state index in [1.54, 1.807) is 49.1 Å². The molecule has 0 aliphatic carbocycles. The van der Waals surface area contributed by atoms with Crippen molar-refractivity contribution in [3.05, 3.63) is 81.4 Å². The molecule has 4 rings (SSSR count). The van der Waals surface area contributed by atoms with Crippen LogP contribution in [0.5, 0.6) is 5.75 Å². The van der Waals surface area contributed by atoms with Crippen LogP contribution in [0.3, 0.4) is 0 Å². The van der Waals surface area contributed by atoms with E-state index >= 15 is 0 Å². The van der Waals surface area contributed by atoms with Crippen molar-refractivity contribution in [3.63, 3.8) is 0 Å². The van der Waals surface area contributed by atoms with Gasteiger partial charge >= 0.3 is 5.97 Å². The highest BCUT2D eigenvalue weighted by Gasteiger charge is 2.29. The summed E-state index contributed by atoms with van der Waals surface area (Å²) in [5.74, 6) is -2.00. The highest BCUT2D eigenvalue weighted by Crippen LogP contribution is 2.26. The normalized spacial score (nSPS) is 12.5. The van der Waals surface area contributed by atoms with E-state index < -0.39 is 46.0 Å². The number of aromatic nitrogens is 3. The number of aryl methyl sites for hydroxylation is 3. The number of anilines is 1. The molecular weight excluding hydrogens is 735 g/mol. The number of aromatic amines is 1. The van der Waals surface area contributed by atoms with Crippen LogP contribution < -0.4 is 41.9 Å². The van der Waals surface area contributed by atoms with Crippen molar-refractivity contribution in [1.29, 1.82) is 0 Å². The Morgan fingerprint density at radius 3 is 2.42 bits per heavy atom. The van der Waals surface area contributed by atoms with Crippen LogP contribution in [-0.2, 0) is 38.0 Å². The Balaban J connectivity index is 1.32. The van der Waals surface area contributed by atoms with E-state index in [-0.39, 0.29) is 64.9 Å². The Morgan fingerprint density at radius 1 is 1.05 bits per heavy atom. The van der Waals surface area contributed by atoms with Crippen molar-refractivity contribution in [1.82, 2.24) is 35.2 Å². The molecule has 0 aliphatic heterocycles. The molecule has 4 aromatic rings. The zero-order chi connectivity index (χ0) is 40.3. The van der Waals surface area contributed by atoms with Crippen molar-refractivity contribution in [2.24, 2.45) is 12.8 Å². The minimum absolute atomic E-state index is 0.158. The van der Waals surface area contributed by atoms with Gasteiger partial charge in [-0.2, -0.15) is 4.72 Å². The highest BCUT2D eigenvalue weighted by molar-refractivity contribution is 7.89. The molecule has 55 heavy (non-hydrogen) atoms. The second-order valence-corrected chi connectivity index (χ2v) is 14.5. The zero-order valence-electron chi connectivity index (χ0n) is 31.0. The number of amides is 3. The lowest BCUT2D eigenvalue weighted by atomic mass is 10.1. The van der Waals surface area contributed by atoms with Crippen molar-refractivity contribution in [2.45, 2.75) is 63.6 Å². The Bertz CT molecular complexity index is 2170. The number of hydrogen-bond acceptors (Lipinski definition) is 11. The molecular formula is C36H47N9O9S. The molecule has 0 bridgehead atoms. The number of aliphatic carboxylic acids is 1. The number of rotatable bonds is 20. The van der Waals surface area contributed by atoms with Gasteiger partial charge in [0.1, 0.15) is 17.4 Å². The van der Waals surface area contributed by atoms with Crippen LogP contribution in [0.2, 0.25) is 0 Å². The Hall–Kier alpha value is -5.79. The summed E-state index contributed by atoms with van der Waals surface area (Å²) in [7, 11) is -2.76. The van der Waals surface area contributed by atoms with Crippen LogP contribution in [0, 0.1) is 13.8 Å². The smallest absolute Gasteiger partial charge is 0.323 e. The molecule has 296 valence electrons. The number of imidazole rings is 1. The van der Waals surface area contributed by atoms with Crippen molar-refractivity contribution in [2.75, 3.05) is 31.6 Å². The molecule has 2 unspecified atom stereocenters. The predicted octanol–water partition coefficient (Wildman–Crippen LogP) is 0.781. The molecule has 3 amide bonds. The number of pyridine rings is 1. The molecule has 0 saturated carbocycles. The molecule has 19 heteroatoms. The average Bonchev–Trinajstić information content (AvgIpc) is 3.67. The molecule has 2 aromatic carbocycles. The van der Waals surface area contributed by atoms with Crippen LogP contribution in [0.1, 0.15) is 53.2 Å². The van der Waals surface area contributed by atoms with Gasteiger partial charge in [0.05, 0.1) is 23.1 Å². The SMILES string of the molecule is CCC(N)C(=O)NCCNC(=O)CCCOc1cc(C)c(S(=O)(=O)NC(CNC(=O)c2cn(C)c3cc(CNc4ncc[nH]4)ccc3c2=O)C(=O)O)c(C)c1. The number of carbonyl (C=O) groups excluding carboxylic acids is 3. The van der Waals surface area contributed by atoms with Crippen LogP contribution in [-0.4, -0.2) is 90.1 Å². The van der Waals surface area contributed by atoms with E-state index in [1.165, 1.54) is 32.2 Å². The van der Waals surface area contributed by atoms with E-state index in [0.717, 1.165) is 5.56 Å². The fraction of sp³-hybridized carbons (Fsp3) is 0.389. The Kier molecular flexibility index (Phi) is 14.5. The summed E-state index contributed by atoms with van der Waals surface area (Å²) < 4.78 is 36.4. The number of carboxylic acids is 1. The van der Waals surface area contributed by atoms with Gasteiger partial charge in [-0.15, -0.1) is 0 Å². The van der Waals surface area contributed by atoms with Gasteiger partial charge in [-0.1, -0.05) is 13.0 Å². The summed E-state index contributed by atoms with van der Waals surface area (Å²) >= 11 is 0. The first kappa shape index (κ1) is 42.0. The minimum Gasteiger partial charge on any atom is -0.494 e. The maximum absolute atomic E-state index is 13.5. The summed E-state index contributed by atoms with van der Waals surface area (Å²) in [5, 5.41) is 21.0. The standard InChI is InChI=1S/C36H47N9O9S/c1-5-27(37)34(49)39-11-10-38-30(46)7-6-14-54-24-15-21(2)32(22(3)16-24)55(52,53)44-28(35(50)51)19-42-33(48)26-20-45(4)29-17-23(8-9-25(29)31(26)47)18-43-36-40-12-13-41-36/h8-9,12-13,15-17,20,27-28,44H,5-7,10-11,14,18-19,37H2,1-4H3,(H,38,46)(H,39,49)(H,42,48)(H,50,51)(H2,40,41,43). The summed E-state index contributed by atoms with van der Waals surface area (Å²) in [6.07, 6.45) is 5.66. The number of nitrogens with one attached hydrogen (secondary N) is 6. The van der Waals surface area contributed by atoms with Crippen LogP contribution >= 0.6 is 0 Å². The summed E-state index contributed by atoms with van der Waals surface area (Å²) in [4.78, 5) is 69.3. The second-order valence-electron chi connectivity index (χ2n) is 12.8. The van der Waals surface area contributed by atoms with Crippen LogP contribution in [0.4, 0.5) is 5.95 Å². The van der Waals surface area contributed by atoms with Gasteiger partial charge in [0.2, 0.25) is 27.3 Å². The van der Waals surface area contributed by atoms with Gasteiger partial charge in [-0.3, -0.25) is 24.0 Å². The van der Waals surface area contributed by atoms with E-state index in [9.17, 15) is 37.5 Å². The van der Waals surface area contributed by atoms with Crippen LogP contribution in [0.25, 0.3) is 10.9 Å². The monoisotopic (exact) mass is 781 g/mol. The van der Waals surface area contributed by atoms with Crippen molar-refractivity contribution < 1.29 is 37.4 Å². The number of H-pyrrole nitrogens is 1. The van der Waals surface area contributed by atoms with Gasteiger partial charge in [-0.25, -0.2) is 13.4 Å². The summed E-state index contributed by atoms with van der Waals surface area (Å²) in [5.41, 5.74) is 6.80. The molecule has 18 nitrogen and oxygen atoms in total. The number of nitrogens with two attached hydrogens (primary N) is 1. The van der Waals surface area contributed by atoms with Gasteiger partial charge < -0.3 is 46.4 Å². The first-order chi connectivity index (χ1) is 26.1. The molecule has 9 N–H and O–H groups in total. The summed E-state index contributed by atoms with van der Waals surface area (Å²) in [6, 6.07) is 5.74. The average molecular weight is 782 g/mol. The fourth-order valence-corrected chi connectivity index (χ4v) is 7.34. The van der Waals surface area contributed by atoms with E-state index in [0.29, 0.717) is 36.6 Å². The third kappa shape index (κ3) is 11.4. The van der Waals surface area contributed by atoms with Crippen LogP contribution in [0.15, 0.2) is 58.6 Å². The highest BCUT2D eigenvalue weighted by atomic mass is 32.2.